The Kier molecular flexibility index (Phi) is 13.3. The molecule has 0 spiro atoms. The second-order valence-electron chi connectivity index (χ2n) is 2.89. The molecular formula is C8H20I3N3-2. The molecule has 90 valence electrons. The fourth-order valence-corrected chi connectivity index (χ4v) is 8.63. The van der Waals surface area contributed by atoms with E-state index in [1.54, 1.807) is 0 Å². The van der Waals surface area contributed by atoms with E-state index in [1.807, 2.05) is 0 Å². The van der Waals surface area contributed by atoms with Gasteiger partial charge in [0.05, 0.1) is 0 Å². The summed E-state index contributed by atoms with van der Waals surface area (Å²) in [5, 5.41) is 6.67. The maximum absolute atomic E-state index is 3.37. The molecule has 0 saturated carbocycles. The van der Waals surface area contributed by atoms with E-state index in [0.29, 0.717) is 27.2 Å². The molecule has 0 heterocycles. The summed E-state index contributed by atoms with van der Waals surface area (Å²) in [4.78, 5) is 0. The molecule has 0 rings (SSSR count). The van der Waals surface area contributed by atoms with Crippen molar-refractivity contribution < 1.29 is 42.7 Å². The molecule has 0 amide bonds. The van der Waals surface area contributed by atoms with Crippen molar-refractivity contribution in [3.05, 3.63) is 0 Å². The number of hydrogen-bond donors (Lipinski definition) is 3. The normalized spacial score (nSPS) is 16.0. The molecule has 0 radical (unpaired) electrons. The molecule has 0 saturated heterocycles. The van der Waals surface area contributed by atoms with E-state index in [9.17, 15) is 0 Å². The van der Waals surface area contributed by atoms with Gasteiger partial charge in [-0.3, -0.25) is 0 Å². The van der Waals surface area contributed by atoms with E-state index >= 15 is 0 Å². The summed E-state index contributed by atoms with van der Waals surface area (Å²) >= 11 is 2.91. The Hall–Kier alpha value is 2.07. The third-order valence-electron chi connectivity index (χ3n) is 1.92. The monoisotopic (exact) mass is 539 g/mol. The molecule has 0 aliphatic heterocycles. The fourth-order valence-electron chi connectivity index (χ4n) is 0.994. The number of alkyl halides is 3. The van der Waals surface area contributed by atoms with Gasteiger partial charge in [0.15, 0.2) is 0 Å². The summed E-state index contributed by atoms with van der Waals surface area (Å²) in [5.41, 5.74) is 0. The van der Waals surface area contributed by atoms with Gasteiger partial charge in [0.25, 0.3) is 0 Å². The van der Waals surface area contributed by atoms with Gasteiger partial charge in [-0.2, -0.15) is 0 Å². The molecule has 2 atom stereocenters. The molecule has 0 aromatic heterocycles. The van der Waals surface area contributed by atoms with Crippen LogP contribution in [0.2, 0.25) is 0 Å². The predicted molar refractivity (Wildman–Crippen MR) is 63.1 cm³/mol. The van der Waals surface area contributed by atoms with Gasteiger partial charge in [0, 0.05) is 0 Å². The van der Waals surface area contributed by atoms with Crippen LogP contribution in [0.15, 0.2) is 0 Å². The fraction of sp³-hybridized carbons (Fsp3) is 1.00. The molecule has 3 nitrogen and oxygen atoms in total. The van der Waals surface area contributed by atoms with Gasteiger partial charge in [-0.15, -0.1) is 0 Å². The van der Waals surface area contributed by atoms with Gasteiger partial charge < -0.3 is 0 Å². The minimum absolute atomic E-state index is 0.285. The van der Waals surface area contributed by atoms with Gasteiger partial charge in [0.2, 0.25) is 0 Å². The van der Waals surface area contributed by atoms with Crippen LogP contribution in [-0.2, 0) is 0 Å². The van der Waals surface area contributed by atoms with E-state index in [-0.39, 0.29) is 21.5 Å². The standard InChI is InChI=1S/C8H20I3N3/c1-7(13-3)8(6-12-2)10-4-5-11-14-9/h7-8,12-14H,4-6H2,1-3H3/q-2/t7-,8+/m1/s1. The van der Waals surface area contributed by atoms with Crippen LogP contribution in [0, 0.1) is 0 Å². The summed E-state index contributed by atoms with van der Waals surface area (Å²) in [6.07, 6.45) is 0. The molecule has 0 unspecified atom stereocenters. The Bertz CT molecular complexity index is 126. The van der Waals surface area contributed by atoms with E-state index in [0.717, 1.165) is 3.92 Å². The van der Waals surface area contributed by atoms with Crippen LogP contribution in [0.5, 0.6) is 0 Å². The third kappa shape index (κ3) is 8.25. The molecule has 6 heteroatoms. The topological polar surface area (TPSA) is 36.1 Å². The summed E-state index contributed by atoms with van der Waals surface area (Å²) < 4.78 is 7.07. The van der Waals surface area contributed by atoms with Crippen LogP contribution in [0.1, 0.15) is 6.92 Å². The Labute approximate surface area is 123 Å². The molecule has 0 bridgehead atoms. The first-order valence-electron chi connectivity index (χ1n) is 4.59. The third-order valence-corrected chi connectivity index (χ3v) is 11.1. The van der Waals surface area contributed by atoms with Crippen molar-refractivity contribution in [3.8, 4) is 0 Å². The Morgan fingerprint density at radius 2 is 2.00 bits per heavy atom. The maximum atomic E-state index is 3.37. The predicted octanol–water partition coefficient (Wildman–Crippen LogP) is -5.79. The van der Waals surface area contributed by atoms with E-state index in [2.05, 4.69) is 56.3 Å². The van der Waals surface area contributed by atoms with Gasteiger partial charge in [-0.25, -0.2) is 0 Å². The van der Waals surface area contributed by atoms with Crippen LogP contribution in [0.4, 0.5) is 0 Å². The average molecular weight is 539 g/mol. The number of hydrogen-bond acceptors (Lipinski definition) is 3. The van der Waals surface area contributed by atoms with Crippen LogP contribution in [0.3, 0.4) is 0 Å². The Morgan fingerprint density at radius 1 is 1.29 bits per heavy atom. The minimum atomic E-state index is 0.285. The summed E-state index contributed by atoms with van der Waals surface area (Å²) in [5.74, 6) is 0. The van der Waals surface area contributed by atoms with Crippen LogP contribution in [-0.4, -0.2) is 39.5 Å². The van der Waals surface area contributed by atoms with Crippen molar-refractivity contribution in [2.75, 3.05) is 29.5 Å². The van der Waals surface area contributed by atoms with Gasteiger partial charge in [0.1, 0.15) is 0 Å². The van der Waals surface area contributed by atoms with Crippen molar-refractivity contribution in [2.45, 2.75) is 16.9 Å². The number of nitrogens with one attached hydrogen (secondary N) is 3. The zero-order valence-corrected chi connectivity index (χ0v) is 15.4. The van der Waals surface area contributed by atoms with E-state index in [4.69, 9.17) is 0 Å². The van der Waals surface area contributed by atoms with Gasteiger partial charge in [-0.1, -0.05) is 0 Å². The molecule has 3 N–H and O–H groups in total. The van der Waals surface area contributed by atoms with Crippen LogP contribution < -0.4 is 55.1 Å². The Morgan fingerprint density at radius 3 is 2.50 bits per heavy atom. The summed E-state index contributed by atoms with van der Waals surface area (Å²) in [7, 11) is 4.12. The summed E-state index contributed by atoms with van der Waals surface area (Å²) in [6.45, 7) is 3.47. The number of halogens is 3. The molecule has 14 heavy (non-hydrogen) atoms. The molecule has 0 aromatic rings. The van der Waals surface area contributed by atoms with Crippen molar-refractivity contribution in [1.29, 1.82) is 0 Å². The zero-order valence-electron chi connectivity index (χ0n) is 8.91. The first-order valence-corrected chi connectivity index (χ1v) is 11.0. The van der Waals surface area contributed by atoms with E-state index < -0.39 is 0 Å². The van der Waals surface area contributed by atoms with Crippen LogP contribution >= 0.6 is 22.9 Å². The van der Waals surface area contributed by atoms with Crippen molar-refractivity contribution in [3.63, 3.8) is 0 Å². The van der Waals surface area contributed by atoms with Crippen LogP contribution in [0.25, 0.3) is 0 Å². The molecule has 0 aliphatic rings. The van der Waals surface area contributed by atoms with Crippen molar-refractivity contribution in [1.82, 2.24) is 12.4 Å². The first-order chi connectivity index (χ1) is 6.76. The quantitative estimate of drug-likeness (QED) is 0.119. The first kappa shape index (κ1) is 16.1. The van der Waals surface area contributed by atoms with Gasteiger partial charge in [-0.05, 0) is 0 Å². The SMILES string of the molecule is CNC[C@H]([I-]CC[I-]NI)[C@@H](C)NC. The van der Waals surface area contributed by atoms with E-state index in [1.165, 1.54) is 15.4 Å². The second-order valence-corrected chi connectivity index (χ2v) is 11.4. The zero-order chi connectivity index (χ0) is 10.8. The Balaban J connectivity index is 3.61. The molecule has 0 aromatic carbocycles. The molecule has 0 aliphatic carbocycles. The average Bonchev–Trinajstić information content (AvgIpc) is 2.21. The van der Waals surface area contributed by atoms with Crippen molar-refractivity contribution >= 4 is 22.9 Å². The molecule has 0 fully saturated rings. The summed E-state index contributed by atoms with van der Waals surface area (Å²) in [6, 6.07) is 0.668. The number of rotatable bonds is 9. The second kappa shape index (κ2) is 11.6. The van der Waals surface area contributed by atoms with Crippen molar-refractivity contribution in [2.24, 2.45) is 0 Å². The molecular weight excluding hydrogens is 519 g/mol. The van der Waals surface area contributed by atoms with Gasteiger partial charge >= 0.3 is 124 Å².